The quantitative estimate of drug-likeness (QED) is 0.320. The summed E-state index contributed by atoms with van der Waals surface area (Å²) in [5, 5.41) is 8.71. The predicted molar refractivity (Wildman–Crippen MR) is 27.6 cm³/mol. The molecular formula is C5H11KO. The largest absolute Gasteiger partial charge is 1.00 e. The van der Waals surface area contributed by atoms with Gasteiger partial charge in [-0.15, -0.1) is 6.58 Å². The van der Waals surface area contributed by atoms with E-state index < -0.39 is 5.60 Å². The molecule has 0 fully saturated rings. The van der Waals surface area contributed by atoms with Gasteiger partial charge in [0.2, 0.25) is 0 Å². The molecular weight excluding hydrogens is 115 g/mol. The smallest absolute Gasteiger partial charge is 1.00 e. The molecule has 1 N–H and O–H groups in total. The van der Waals surface area contributed by atoms with E-state index in [1.807, 2.05) is 0 Å². The van der Waals surface area contributed by atoms with Crippen molar-refractivity contribution in [3.05, 3.63) is 12.7 Å². The van der Waals surface area contributed by atoms with Gasteiger partial charge in [-0.1, -0.05) is 6.08 Å². The van der Waals surface area contributed by atoms with Crippen LogP contribution in [0.15, 0.2) is 12.7 Å². The van der Waals surface area contributed by atoms with Crippen molar-refractivity contribution in [3.63, 3.8) is 0 Å². The maximum Gasteiger partial charge on any atom is 1.00 e. The van der Waals surface area contributed by atoms with Crippen molar-refractivity contribution in [2.45, 2.75) is 19.4 Å². The molecule has 0 saturated heterocycles. The third kappa shape index (κ3) is 11.1. The first-order valence-corrected chi connectivity index (χ1v) is 1.92. The average Bonchev–Trinajstić information content (AvgIpc) is 1.35. The van der Waals surface area contributed by atoms with E-state index in [0.29, 0.717) is 0 Å². The first kappa shape index (κ1) is 11.2. The van der Waals surface area contributed by atoms with Gasteiger partial charge in [-0.3, -0.25) is 0 Å². The minimum absolute atomic E-state index is 0. The van der Waals surface area contributed by atoms with Gasteiger partial charge < -0.3 is 6.53 Å². The van der Waals surface area contributed by atoms with Gasteiger partial charge in [-0.2, -0.15) is 0 Å². The van der Waals surface area contributed by atoms with Crippen LogP contribution in [0.1, 0.15) is 15.3 Å². The summed E-state index contributed by atoms with van der Waals surface area (Å²) in [6.45, 7) is 6.74. The molecule has 7 heavy (non-hydrogen) atoms. The first-order chi connectivity index (χ1) is 2.56. The molecule has 0 unspecified atom stereocenters. The second kappa shape index (κ2) is 4.24. The van der Waals surface area contributed by atoms with Crippen molar-refractivity contribution >= 4 is 0 Å². The van der Waals surface area contributed by atoms with E-state index in [1.165, 1.54) is 6.08 Å². The maximum absolute atomic E-state index is 8.71. The normalized spacial score (nSPS) is 9.57. The van der Waals surface area contributed by atoms with Gasteiger partial charge in [0.05, 0.1) is 5.60 Å². The van der Waals surface area contributed by atoms with Crippen LogP contribution >= 0.6 is 0 Å². The zero-order valence-electron chi connectivity index (χ0n) is 6.23. The van der Waals surface area contributed by atoms with E-state index in [4.69, 9.17) is 5.11 Å². The van der Waals surface area contributed by atoms with Crippen LogP contribution in [0.5, 0.6) is 0 Å². The molecule has 0 aromatic carbocycles. The zero-order valence-corrected chi connectivity index (χ0v) is 8.35. The average molecular weight is 126 g/mol. The first-order valence-electron chi connectivity index (χ1n) is 1.92. The predicted octanol–water partition coefficient (Wildman–Crippen LogP) is -1.94. The van der Waals surface area contributed by atoms with Crippen molar-refractivity contribution in [3.8, 4) is 0 Å². The maximum atomic E-state index is 8.71. The SMILES string of the molecule is C=CC(C)(C)O.[H-].[K+]. The molecule has 0 atom stereocenters. The standard InChI is InChI=1S/C5H10O.K.H/c1-4-5(2,3)6;;/h4,6H,1H2,2-3H3;;/q;+1;-1. The van der Waals surface area contributed by atoms with Crippen LogP contribution in [-0.2, 0) is 0 Å². The number of hydrogen-bond donors (Lipinski definition) is 1. The Balaban J connectivity index is -0.000000125. The van der Waals surface area contributed by atoms with E-state index in [2.05, 4.69) is 6.58 Å². The van der Waals surface area contributed by atoms with Gasteiger partial charge in [-0.05, 0) is 13.8 Å². The van der Waals surface area contributed by atoms with E-state index in [-0.39, 0.29) is 52.8 Å². The summed E-state index contributed by atoms with van der Waals surface area (Å²) in [4.78, 5) is 0. The fraction of sp³-hybridized carbons (Fsp3) is 0.600. The van der Waals surface area contributed by atoms with E-state index in [1.54, 1.807) is 13.8 Å². The van der Waals surface area contributed by atoms with Crippen LogP contribution in [0.4, 0.5) is 0 Å². The van der Waals surface area contributed by atoms with E-state index in [9.17, 15) is 0 Å². The summed E-state index contributed by atoms with van der Waals surface area (Å²) in [6.07, 6.45) is 1.49. The topological polar surface area (TPSA) is 20.2 Å². The molecule has 1 nitrogen and oxygen atoms in total. The zero-order chi connectivity index (χ0) is 5.21. The van der Waals surface area contributed by atoms with Crippen LogP contribution in [0.3, 0.4) is 0 Å². The fourth-order valence-electron chi connectivity index (χ4n) is 0. The van der Waals surface area contributed by atoms with Crippen molar-refractivity contribution in [2.24, 2.45) is 0 Å². The molecule has 2 heteroatoms. The van der Waals surface area contributed by atoms with E-state index in [0.717, 1.165) is 0 Å². The van der Waals surface area contributed by atoms with Crippen LogP contribution in [0.2, 0.25) is 0 Å². The third-order valence-electron chi connectivity index (χ3n) is 0.500. The third-order valence-corrected chi connectivity index (χ3v) is 0.500. The van der Waals surface area contributed by atoms with Crippen molar-refractivity contribution in [1.29, 1.82) is 0 Å². The van der Waals surface area contributed by atoms with E-state index >= 15 is 0 Å². The van der Waals surface area contributed by atoms with Crippen molar-refractivity contribution in [2.75, 3.05) is 0 Å². The van der Waals surface area contributed by atoms with Gasteiger partial charge in [0.1, 0.15) is 0 Å². The number of rotatable bonds is 1. The molecule has 0 saturated carbocycles. The Morgan fingerprint density at radius 2 is 1.86 bits per heavy atom. The van der Waals surface area contributed by atoms with Gasteiger partial charge in [-0.25, -0.2) is 0 Å². The molecule has 0 radical (unpaired) electrons. The number of hydrogen-bond acceptors (Lipinski definition) is 1. The van der Waals surface area contributed by atoms with Crippen LogP contribution < -0.4 is 51.4 Å². The molecule has 0 aromatic heterocycles. The van der Waals surface area contributed by atoms with Gasteiger partial charge in [0.15, 0.2) is 0 Å². The summed E-state index contributed by atoms with van der Waals surface area (Å²) in [5.74, 6) is 0. The van der Waals surface area contributed by atoms with Crippen LogP contribution in [0, 0.1) is 0 Å². The summed E-state index contributed by atoms with van der Waals surface area (Å²) < 4.78 is 0. The Bertz CT molecular complexity index is 57.9. The summed E-state index contributed by atoms with van der Waals surface area (Å²) in [7, 11) is 0. The monoisotopic (exact) mass is 126 g/mol. The van der Waals surface area contributed by atoms with Crippen LogP contribution in [-0.4, -0.2) is 10.7 Å². The second-order valence-electron chi connectivity index (χ2n) is 1.86. The van der Waals surface area contributed by atoms with Gasteiger partial charge in [0.25, 0.3) is 0 Å². The molecule has 0 aromatic rings. The molecule has 0 aliphatic rings. The molecule has 0 aliphatic carbocycles. The molecule has 0 aliphatic heterocycles. The Morgan fingerprint density at radius 3 is 1.86 bits per heavy atom. The van der Waals surface area contributed by atoms with Gasteiger partial charge >= 0.3 is 51.4 Å². The molecule has 0 bridgehead atoms. The second-order valence-corrected chi connectivity index (χ2v) is 1.86. The van der Waals surface area contributed by atoms with Crippen molar-refractivity contribution in [1.82, 2.24) is 0 Å². The van der Waals surface area contributed by atoms with Crippen molar-refractivity contribution < 1.29 is 57.9 Å². The molecule has 0 spiro atoms. The molecule has 0 amide bonds. The minimum Gasteiger partial charge on any atom is -1.00 e. The summed E-state index contributed by atoms with van der Waals surface area (Å²) in [5.41, 5.74) is -0.694. The molecule has 0 heterocycles. The Morgan fingerprint density at radius 1 is 1.71 bits per heavy atom. The van der Waals surface area contributed by atoms with Gasteiger partial charge in [0, 0.05) is 0 Å². The minimum atomic E-state index is -0.694. The summed E-state index contributed by atoms with van der Waals surface area (Å²) >= 11 is 0. The molecule has 38 valence electrons. The Hall–Kier alpha value is 1.34. The Kier molecular flexibility index (Phi) is 6.77. The van der Waals surface area contributed by atoms with Crippen LogP contribution in [0.25, 0.3) is 0 Å². The molecule has 0 rings (SSSR count). The number of aliphatic hydroxyl groups is 1. The fourth-order valence-corrected chi connectivity index (χ4v) is 0. The summed E-state index contributed by atoms with van der Waals surface area (Å²) in [6, 6.07) is 0. The Labute approximate surface area is 88.7 Å².